The predicted molar refractivity (Wildman–Crippen MR) is 89.0 cm³/mol. The highest BCUT2D eigenvalue weighted by molar-refractivity contribution is 5.85. The molecular formula is C16H16N4O4. The van der Waals surface area contributed by atoms with Gasteiger partial charge in [0.05, 0.1) is 23.7 Å². The van der Waals surface area contributed by atoms with Gasteiger partial charge in [-0.1, -0.05) is 0 Å². The zero-order valence-electron chi connectivity index (χ0n) is 12.8. The summed E-state index contributed by atoms with van der Waals surface area (Å²) in [5, 5.41) is 14.3. The van der Waals surface area contributed by atoms with Gasteiger partial charge in [0.25, 0.3) is 5.69 Å². The van der Waals surface area contributed by atoms with E-state index in [0.717, 1.165) is 5.69 Å². The van der Waals surface area contributed by atoms with E-state index in [1.54, 1.807) is 18.2 Å². The van der Waals surface area contributed by atoms with E-state index in [1.807, 2.05) is 11.0 Å². The number of morpholine rings is 1. The molecule has 1 saturated heterocycles. The van der Waals surface area contributed by atoms with Gasteiger partial charge in [-0.15, -0.1) is 0 Å². The number of aldehydes is 1. The number of rotatable bonds is 5. The molecule has 1 aliphatic rings. The first-order valence-electron chi connectivity index (χ1n) is 7.47. The Hall–Kier alpha value is -3.00. The second-order valence-corrected chi connectivity index (χ2v) is 5.24. The molecule has 1 aromatic heterocycles. The fraction of sp³-hybridized carbons (Fsp3) is 0.250. The first-order chi connectivity index (χ1) is 11.7. The van der Waals surface area contributed by atoms with Crippen LogP contribution in [0.2, 0.25) is 0 Å². The van der Waals surface area contributed by atoms with E-state index in [0.29, 0.717) is 43.8 Å². The van der Waals surface area contributed by atoms with Crippen LogP contribution in [0.15, 0.2) is 36.5 Å². The molecule has 2 aromatic rings. The van der Waals surface area contributed by atoms with Crippen LogP contribution < -0.4 is 10.2 Å². The fourth-order valence-corrected chi connectivity index (χ4v) is 2.54. The Balaban J connectivity index is 1.92. The lowest BCUT2D eigenvalue weighted by Gasteiger charge is -2.28. The summed E-state index contributed by atoms with van der Waals surface area (Å²) < 4.78 is 5.30. The van der Waals surface area contributed by atoms with Gasteiger partial charge >= 0.3 is 0 Å². The maximum absolute atomic E-state index is 11.4. The molecule has 1 aromatic carbocycles. The van der Waals surface area contributed by atoms with Gasteiger partial charge in [0.2, 0.25) is 0 Å². The standard InChI is InChI=1S/C16H16N4O4/c21-11-12-2-1-5-17-16(12)18-14-4-3-13(10-15(14)20(22)23)19-6-8-24-9-7-19/h1-5,10-11H,6-9H2,(H,17,18). The molecule has 0 unspecified atom stereocenters. The summed E-state index contributed by atoms with van der Waals surface area (Å²) in [6.07, 6.45) is 2.17. The second kappa shape index (κ2) is 7.05. The SMILES string of the molecule is O=Cc1cccnc1Nc1ccc(N2CCOCC2)cc1[N+](=O)[O-]. The number of nitro benzene ring substituents is 1. The summed E-state index contributed by atoms with van der Waals surface area (Å²) in [5.74, 6) is 0.287. The van der Waals surface area contributed by atoms with E-state index in [1.165, 1.54) is 12.3 Å². The molecule has 1 fully saturated rings. The largest absolute Gasteiger partial charge is 0.378 e. The van der Waals surface area contributed by atoms with Gasteiger partial charge in [0, 0.05) is 31.0 Å². The first-order valence-corrected chi connectivity index (χ1v) is 7.47. The number of aromatic nitrogens is 1. The van der Waals surface area contributed by atoms with E-state index >= 15 is 0 Å². The van der Waals surface area contributed by atoms with Crippen LogP contribution >= 0.6 is 0 Å². The lowest BCUT2D eigenvalue weighted by Crippen LogP contribution is -2.36. The van der Waals surface area contributed by atoms with Crippen LogP contribution in [0.25, 0.3) is 0 Å². The van der Waals surface area contributed by atoms with Crippen LogP contribution in [0.3, 0.4) is 0 Å². The van der Waals surface area contributed by atoms with Crippen LogP contribution in [0.4, 0.5) is 22.9 Å². The van der Waals surface area contributed by atoms with Crippen molar-refractivity contribution in [2.24, 2.45) is 0 Å². The van der Waals surface area contributed by atoms with Crippen molar-refractivity contribution in [2.75, 3.05) is 36.5 Å². The van der Waals surface area contributed by atoms with Crippen LogP contribution in [-0.4, -0.2) is 42.5 Å². The monoisotopic (exact) mass is 328 g/mol. The Morgan fingerprint density at radius 3 is 2.79 bits per heavy atom. The molecule has 2 heterocycles. The van der Waals surface area contributed by atoms with E-state index in [4.69, 9.17) is 4.74 Å². The summed E-state index contributed by atoms with van der Waals surface area (Å²) in [6, 6.07) is 8.19. The molecule has 0 saturated carbocycles. The quantitative estimate of drug-likeness (QED) is 0.511. The highest BCUT2D eigenvalue weighted by Crippen LogP contribution is 2.32. The number of nitro groups is 1. The molecule has 8 heteroatoms. The highest BCUT2D eigenvalue weighted by Gasteiger charge is 2.19. The lowest BCUT2D eigenvalue weighted by atomic mass is 10.2. The van der Waals surface area contributed by atoms with Crippen molar-refractivity contribution in [3.05, 3.63) is 52.2 Å². The van der Waals surface area contributed by atoms with Crippen molar-refractivity contribution >= 4 is 29.2 Å². The summed E-state index contributed by atoms with van der Waals surface area (Å²) in [4.78, 5) is 28.2. The molecular weight excluding hydrogens is 312 g/mol. The zero-order chi connectivity index (χ0) is 16.9. The first kappa shape index (κ1) is 15.9. The van der Waals surface area contributed by atoms with Crippen molar-refractivity contribution in [1.82, 2.24) is 4.98 Å². The Morgan fingerprint density at radius 1 is 1.29 bits per heavy atom. The molecule has 124 valence electrons. The number of nitrogens with one attached hydrogen (secondary N) is 1. The Bertz CT molecular complexity index is 759. The molecule has 3 rings (SSSR count). The fourth-order valence-electron chi connectivity index (χ4n) is 2.54. The highest BCUT2D eigenvalue weighted by atomic mass is 16.6. The van der Waals surface area contributed by atoms with Crippen LogP contribution in [0.5, 0.6) is 0 Å². The molecule has 24 heavy (non-hydrogen) atoms. The summed E-state index contributed by atoms with van der Waals surface area (Å²) in [6.45, 7) is 2.59. The molecule has 0 atom stereocenters. The van der Waals surface area contributed by atoms with Gasteiger partial charge in [0.1, 0.15) is 11.5 Å². The minimum Gasteiger partial charge on any atom is -0.378 e. The number of pyridine rings is 1. The average Bonchev–Trinajstić information content (AvgIpc) is 2.63. The predicted octanol–water partition coefficient (Wildman–Crippen LogP) is 2.38. The number of nitrogens with zero attached hydrogens (tertiary/aromatic N) is 3. The molecule has 0 amide bonds. The van der Waals surface area contributed by atoms with E-state index < -0.39 is 4.92 Å². The molecule has 0 spiro atoms. The number of hydrogen-bond donors (Lipinski definition) is 1. The van der Waals surface area contributed by atoms with Crippen LogP contribution in [-0.2, 0) is 4.74 Å². The number of hydrogen-bond acceptors (Lipinski definition) is 7. The van der Waals surface area contributed by atoms with E-state index in [-0.39, 0.29) is 11.5 Å². The third kappa shape index (κ3) is 3.33. The maximum atomic E-state index is 11.4. The zero-order valence-corrected chi connectivity index (χ0v) is 12.8. The normalized spacial score (nSPS) is 14.2. The van der Waals surface area contributed by atoms with E-state index in [9.17, 15) is 14.9 Å². The van der Waals surface area contributed by atoms with Crippen LogP contribution in [0, 0.1) is 10.1 Å². The maximum Gasteiger partial charge on any atom is 0.294 e. The molecule has 0 aliphatic carbocycles. The molecule has 1 aliphatic heterocycles. The van der Waals surface area contributed by atoms with Gasteiger partial charge in [-0.2, -0.15) is 0 Å². The summed E-state index contributed by atoms with van der Waals surface area (Å²) in [5.41, 5.74) is 1.33. The third-order valence-corrected chi connectivity index (χ3v) is 3.77. The number of ether oxygens (including phenoxy) is 1. The van der Waals surface area contributed by atoms with Crippen LogP contribution in [0.1, 0.15) is 10.4 Å². The number of carbonyl (C=O) groups excluding carboxylic acids is 1. The van der Waals surface area contributed by atoms with Gasteiger partial charge in [-0.25, -0.2) is 4.98 Å². The Labute approximate surface area is 138 Å². The third-order valence-electron chi connectivity index (χ3n) is 3.77. The smallest absolute Gasteiger partial charge is 0.294 e. The van der Waals surface area contributed by atoms with E-state index in [2.05, 4.69) is 10.3 Å². The summed E-state index contributed by atoms with van der Waals surface area (Å²) in [7, 11) is 0. The Kier molecular flexibility index (Phi) is 4.66. The number of anilines is 3. The van der Waals surface area contributed by atoms with Crippen molar-refractivity contribution in [3.8, 4) is 0 Å². The minimum atomic E-state index is -0.449. The molecule has 0 bridgehead atoms. The van der Waals surface area contributed by atoms with Gasteiger partial charge in [-0.3, -0.25) is 14.9 Å². The van der Waals surface area contributed by atoms with Gasteiger partial charge in [0.15, 0.2) is 6.29 Å². The van der Waals surface area contributed by atoms with Gasteiger partial charge in [-0.05, 0) is 24.3 Å². The van der Waals surface area contributed by atoms with Crippen molar-refractivity contribution in [2.45, 2.75) is 0 Å². The molecule has 8 nitrogen and oxygen atoms in total. The van der Waals surface area contributed by atoms with Crippen molar-refractivity contribution < 1.29 is 14.5 Å². The minimum absolute atomic E-state index is 0.0681. The Morgan fingerprint density at radius 2 is 2.08 bits per heavy atom. The van der Waals surface area contributed by atoms with Crippen molar-refractivity contribution in [3.63, 3.8) is 0 Å². The van der Waals surface area contributed by atoms with Crippen molar-refractivity contribution in [1.29, 1.82) is 0 Å². The number of benzene rings is 1. The van der Waals surface area contributed by atoms with Gasteiger partial charge < -0.3 is 15.0 Å². The lowest BCUT2D eigenvalue weighted by molar-refractivity contribution is -0.383. The topological polar surface area (TPSA) is 97.6 Å². The summed E-state index contributed by atoms with van der Waals surface area (Å²) >= 11 is 0. The average molecular weight is 328 g/mol. The number of carbonyl (C=O) groups is 1. The second-order valence-electron chi connectivity index (χ2n) is 5.24. The molecule has 1 N–H and O–H groups in total. The molecule has 0 radical (unpaired) electrons.